The molecule has 3 heterocycles. The summed E-state index contributed by atoms with van der Waals surface area (Å²) in [4.78, 5) is 19.1. The summed E-state index contributed by atoms with van der Waals surface area (Å²) in [5.74, 6) is 0.419. The molecule has 0 atom stereocenters. The van der Waals surface area contributed by atoms with Crippen LogP contribution in [0.4, 0.5) is 0 Å². The van der Waals surface area contributed by atoms with Crippen LogP contribution in [0.1, 0.15) is 16.2 Å². The van der Waals surface area contributed by atoms with Crippen LogP contribution in [0.2, 0.25) is 5.02 Å². The summed E-state index contributed by atoms with van der Waals surface area (Å²) in [6.45, 7) is 3.27. The molecule has 1 aromatic carbocycles. The first-order valence-electron chi connectivity index (χ1n) is 7.39. The van der Waals surface area contributed by atoms with E-state index < -0.39 is 0 Å². The third-order valence-corrected chi connectivity index (χ3v) is 4.95. The van der Waals surface area contributed by atoms with E-state index in [9.17, 15) is 4.79 Å². The smallest absolute Gasteiger partial charge is 0.290 e. The molecule has 1 fully saturated rings. The Morgan fingerprint density at radius 3 is 2.87 bits per heavy atom. The van der Waals surface area contributed by atoms with Crippen molar-refractivity contribution in [2.24, 2.45) is 5.41 Å². The molecule has 0 N–H and O–H groups in total. The van der Waals surface area contributed by atoms with Gasteiger partial charge in [0.25, 0.3) is 5.91 Å². The fraction of sp³-hybridized carbons (Fsp3) is 0.375. The van der Waals surface area contributed by atoms with Gasteiger partial charge in [0, 0.05) is 30.9 Å². The van der Waals surface area contributed by atoms with Crippen molar-refractivity contribution in [3.63, 3.8) is 0 Å². The maximum Gasteiger partial charge on any atom is 0.290 e. The molecule has 1 amide bonds. The molecule has 1 aromatic heterocycles. The molecule has 4 rings (SSSR count). The number of benzene rings is 1. The van der Waals surface area contributed by atoms with E-state index in [0.29, 0.717) is 41.8 Å². The largest absolute Gasteiger partial charge is 0.380 e. The molecule has 0 radical (unpaired) electrons. The van der Waals surface area contributed by atoms with Gasteiger partial charge in [-0.25, -0.2) is 4.98 Å². The Morgan fingerprint density at radius 2 is 2.17 bits per heavy atom. The lowest BCUT2D eigenvalue weighted by molar-refractivity contribution is -0.129. The van der Waals surface area contributed by atoms with Crippen molar-refractivity contribution in [3.05, 3.63) is 51.5 Å². The molecule has 23 heavy (non-hydrogen) atoms. The van der Waals surface area contributed by atoms with Gasteiger partial charge in [-0.2, -0.15) is 0 Å². The lowest BCUT2D eigenvalue weighted by Crippen LogP contribution is -2.52. The third kappa shape index (κ3) is 2.79. The van der Waals surface area contributed by atoms with Crippen LogP contribution in [0.3, 0.4) is 0 Å². The molecule has 5 nitrogen and oxygen atoms in total. The Labute approximate surface area is 147 Å². The van der Waals surface area contributed by atoms with Gasteiger partial charge in [0.05, 0.1) is 18.6 Å². The lowest BCUT2D eigenvalue weighted by atomic mass is 9.85. The van der Waals surface area contributed by atoms with Crippen molar-refractivity contribution < 1.29 is 9.53 Å². The maximum atomic E-state index is 12.9. The molecule has 120 valence electrons. The highest BCUT2D eigenvalue weighted by atomic mass is 79.9. The Bertz CT molecular complexity index is 772. The molecule has 7 heteroatoms. The topological polar surface area (TPSA) is 47.4 Å². The SMILES string of the molecule is O=C1c2nc(Br)cn2CC2(COC2)CN1Cc1cccc(Cl)c1. The van der Waals surface area contributed by atoms with Gasteiger partial charge >= 0.3 is 0 Å². The Hall–Kier alpha value is -1.37. The fourth-order valence-corrected chi connectivity index (χ4v) is 3.89. The van der Waals surface area contributed by atoms with E-state index >= 15 is 0 Å². The van der Waals surface area contributed by atoms with Gasteiger partial charge < -0.3 is 14.2 Å². The first-order valence-corrected chi connectivity index (χ1v) is 8.56. The van der Waals surface area contributed by atoms with Gasteiger partial charge in [0.2, 0.25) is 0 Å². The fourth-order valence-electron chi connectivity index (χ4n) is 3.26. The molecule has 0 saturated carbocycles. The molecule has 2 aliphatic rings. The number of carbonyl (C=O) groups is 1. The third-order valence-electron chi connectivity index (χ3n) is 4.34. The first kappa shape index (κ1) is 15.2. The maximum absolute atomic E-state index is 12.9. The number of nitrogens with zero attached hydrogens (tertiary/aromatic N) is 3. The Morgan fingerprint density at radius 1 is 1.35 bits per heavy atom. The molecule has 1 saturated heterocycles. The number of imidazole rings is 1. The van der Waals surface area contributed by atoms with Crippen molar-refractivity contribution in [3.8, 4) is 0 Å². The van der Waals surface area contributed by atoms with E-state index in [1.807, 2.05) is 39.9 Å². The van der Waals surface area contributed by atoms with E-state index in [-0.39, 0.29) is 11.3 Å². The first-order chi connectivity index (χ1) is 11.0. The lowest BCUT2D eigenvalue weighted by Gasteiger charge is -2.42. The van der Waals surface area contributed by atoms with Crippen LogP contribution >= 0.6 is 27.5 Å². The number of ether oxygens (including phenoxy) is 1. The summed E-state index contributed by atoms with van der Waals surface area (Å²) in [5, 5.41) is 0.677. The van der Waals surface area contributed by atoms with E-state index in [2.05, 4.69) is 20.9 Å². The predicted molar refractivity (Wildman–Crippen MR) is 89.4 cm³/mol. The van der Waals surface area contributed by atoms with Crippen molar-refractivity contribution in [1.29, 1.82) is 0 Å². The summed E-state index contributed by atoms with van der Waals surface area (Å²) >= 11 is 9.43. The normalized spacial score (nSPS) is 19.4. The quantitative estimate of drug-likeness (QED) is 0.784. The average molecular weight is 397 g/mol. The number of halogens is 2. The van der Waals surface area contributed by atoms with Gasteiger partial charge in [0.15, 0.2) is 5.82 Å². The van der Waals surface area contributed by atoms with Crippen LogP contribution in [0.25, 0.3) is 0 Å². The monoisotopic (exact) mass is 395 g/mol. The second-order valence-electron chi connectivity index (χ2n) is 6.30. The average Bonchev–Trinajstić information content (AvgIpc) is 2.79. The van der Waals surface area contributed by atoms with Gasteiger partial charge in [0.1, 0.15) is 4.60 Å². The van der Waals surface area contributed by atoms with E-state index in [1.54, 1.807) is 0 Å². The predicted octanol–water partition coefficient (Wildman–Crippen LogP) is 2.97. The summed E-state index contributed by atoms with van der Waals surface area (Å²) in [6, 6.07) is 7.61. The highest BCUT2D eigenvalue weighted by molar-refractivity contribution is 9.10. The van der Waals surface area contributed by atoms with Gasteiger partial charge in [-0.05, 0) is 33.6 Å². The minimum Gasteiger partial charge on any atom is -0.380 e. The molecule has 0 unspecified atom stereocenters. The summed E-state index contributed by atoms with van der Waals surface area (Å²) in [7, 11) is 0. The van der Waals surface area contributed by atoms with Gasteiger partial charge in [-0.15, -0.1) is 0 Å². The standard InChI is InChI=1S/C16H15BrClN3O2/c17-13-6-20-7-16(9-23-10-16)8-21(15(22)14(20)19-13)5-11-2-1-3-12(18)4-11/h1-4,6H,5,7-10H2. The van der Waals surface area contributed by atoms with Crippen molar-refractivity contribution in [2.75, 3.05) is 19.8 Å². The number of rotatable bonds is 2. The number of aromatic nitrogens is 2. The van der Waals surface area contributed by atoms with Crippen LogP contribution in [-0.4, -0.2) is 40.1 Å². The van der Waals surface area contributed by atoms with E-state index in [4.69, 9.17) is 16.3 Å². The van der Waals surface area contributed by atoms with Gasteiger partial charge in [-0.1, -0.05) is 23.7 Å². The Kier molecular flexibility index (Phi) is 3.70. The Balaban J connectivity index is 1.69. The van der Waals surface area contributed by atoms with E-state index in [0.717, 1.165) is 12.1 Å². The summed E-state index contributed by atoms with van der Waals surface area (Å²) in [5.41, 5.74) is 0.986. The minimum atomic E-state index is -0.0561. The highest BCUT2D eigenvalue weighted by Crippen LogP contribution is 2.35. The molecule has 0 bridgehead atoms. The van der Waals surface area contributed by atoms with Gasteiger partial charge in [-0.3, -0.25) is 4.79 Å². The highest BCUT2D eigenvalue weighted by Gasteiger charge is 2.45. The number of hydrogen-bond acceptors (Lipinski definition) is 3. The number of carbonyl (C=O) groups excluding carboxylic acids is 1. The van der Waals surface area contributed by atoms with Crippen molar-refractivity contribution in [2.45, 2.75) is 13.1 Å². The zero-order valence-electron chi connectivity index (χ0n) is 12.3. The second-order valence-corrected chi connectivity index (χ2v) is 7.55. The van der Waals surface area contributed by atoms with Crippen LogP contribution in [0.5, 0.6) is 0 Å². The molecule has 1 spiro atoms. The number of hydrogen-bond donors (Lipinski definition) is 0. The molecular weight excluding hydrogens is 382 g/mol. The minimum absolute atomic E-state index is 0.0281. The van der Waals surface area contributed by atoms with Crippen molar-refractivity contribution >= 4 is 33.4 Å². The number of fused-ring (bicyclic) bond motifs is 1. The number of amides is 1. The van der Waals surface area contributed by atoms with Crippen LogP contribution < -0.4 is 0 Å². The second kappa shape index (κ2) is 5.61. The van der Waals surface area contributed by atoms with Crippen LogP contribution in [0, 0.1) is 5.41 Å². The molecule has 0 aliphatic carbocycles. The zero-order valence-corrected chi connectivity index (χ0v) is 14.7. The van der Waals surface area contributed by atoms with E-state index in [1.165, 1.54) is 0 Å². The van der Waals surface area contributed by atoms with Crippen LogP contribution in [-0.2, 0) is 17.8 Å². The van der Waals surface area contributed by atoms with Crippen molar-refractivity contribution in [1.82, 2.24) is 14.5 Å². The molecule has 2 aromatic rings. The molecule has 2 aliphatic heterocycles. The summed E-state index contributed by atoms with van der Waals surface area (Å²) in [6.07, 6.45) is 1.87. The van der Waals surface area contributed by atoms with Crippen LogP contribution in [0.15, 0.2) is 35.1 Å². The molecular formula is C16H15BrClN3O2. The zero-order chi connectivity index (χ0) is 16.0. The summed E-state index contributed by atoms with van der Waals surface area (Å²) < 4.78 is 8.06.